The number of quaternary nitrogens is 1. The summed E-state index contributed by atoms with van der Waals surface area (Å²) in [6, 6.07) is -1.34. The number of rotatable bonds is 4. The quantitative estimate of drug-likeness (QED) is 0.381. The Morgan fingerprint density at radius 3 is 1.95 bits per heavy atom. The van der Waals surface area contributed by atoms with E-state index in [1.54, 1.807) is 0 Å². The highest BCUT2D eigenvalue weighted by atomic mass is 16.6. The van der Waals surface area contributed by atoms with Gasteiger partial charge >= 0.3 is 5.97 Å². The molecule has 4 N–H and O–H groups in total. The third-order valence-electron chi connectivity index (χ3n) is 3.28. The molecule has 0 spiro atoms. The van der Waals surface area contributed by atoms with Gasteiger partial charge in [-0.15, -0.1) is 0 Å². The van der Waals surface area contributed by atoms with Crippen LogP contribution in [0, 0.1) is 0 Å². The minimum absolute atomic E-state index is 0.181. The zero-order chi connectivity index (χ0) is 15.8. The van der Waals surface area contributed by atoms with E-state index in [9.17, 15) is 35.1 Å². The highest BCUT2D eigenvalue weighted by Crippen LogP contribution is 2.26. The summed E-state index contributed by atoms with van der Waals surface area (Å²) in [5, 5.41) is 49.1. The lowest BCUT2D eigenvalue weighted by molar-refractivity contribution is -0.892. The van der Waals surface area contributed by atoms with Crippen molar-refractivity contribution in [3.8, 4) is 0 Å². The number of aliphatic carboxylic acids is 2. The van der Waals surface area contributed by atoms with E-state index >= 15 is 0 Å². The molecular formula is C11H19NO8. The second-order valence-electron chi connectivity index (χ2n) is 5.71. The molecule has 116 valence electrons. The van der Waals surface area contributed by atoms with Crippen molar-refractivity contribution in [3.05, 3.63) is 0 Å². The molecule has 1 fully saturated rings. The Hall–Kier alpha value is -1.26. The molecule has 1 aliphatic rings. The third-order valence-corrected chi connectivity index (χ3v) is 3.28. The molecule has 0 radical (unpaired) electrons. The lowest BCUT2D eigenvalue weighted by Gasteiger charge is -2.45. The number of carboxylic acid groups (broad SMARTS) is 2. The Kier molecular flexibility index (Phi) is 4.72. The van der Waals surface area contributed by atoms with Gasteiger partial charge in [-0.3, -0.25) is 0 Å². The number of carbonyl (C=O) groups excluding carboxylic acids is 1. The highest BCUT2D eigenvalue weighted by molar-refractivity contribution is 5.74. The predicted molar refractivity (Wildman–Crippen MR) is 61.1 cm³/mol. The normalized spacial score (nSPS) is 36.4. The van der Waals surface area contributed by atoms with Gasteiger partial charge in [0.2, 0.25) is 6.04 Å². The summed E-state index contributed by atoms with van der Waals surface area (Å²) in [6.45, 7) is 0. The van der Waals surface area contributed by atoms with Crippen molar-refractivity contribution in [2.24, 2.45) is 0 Å². The van der Waals surface area contributed by atoms with Gasteiger partial charge in [-0.25, -0.2) is 4.79 Å². The topological polar surface area (TPSA) is 147 Å². The average molecular weight is 293 g/mol. The van der Waals surface area contributed by atoms with Crippen molar-refractivity contribution in [2.75, 3.05) is 21.1 Å². The molecule has 0 bridgehead atoms. The van der Waals surface area contributed by atoms with Gasteiger partial charge in [-0.05, 0) is 0 Å². The number of likely N-dealkylation sites (N-methyl/N-ethyl adjacent to an activating group) is 1. The first-order chi connectivity index (χ1) is 8.98. The smallest absolute Gasteiger partial charge is 0.365 e. The standard InChI is InChI=1S/C11H19NO8/c1-12(2,3)4(10(16)17)8-6(14)5(13)7(15)9(20-8)11(18)19/h4-9,13-15H,1-3H3,(H-,16,17,18,19)/t4?,5-,6-,7+,8+,9+/m1/s1. The summed E-state index contributed by atoms with van der Waals surface area (Å²) in [6.07, 6.45) is -8.89. The van der Waals surface area contributed by atoms with Crippen LogP contribution in [0.2, 0.25) is 0 Å². The Morgan fingerprint density at radius 2 is 1.60 bits per heavy atom. The fourth-order valence-corrected chi connectivity index (χ4v) is 2.27. The van der Waals surface area contributed by atoms with E-state index in [1.807, 2.05) is 0 Å². The number of carboxylic acids is 2. The predicted octanol–water partition coefficient (Wildman–Crippen LogP) is -4.25. The van der Waals surface area contributed by atoms with Crippen LogP contribution in [-0.4, -0.2) is 94.6 Å². The van der Waals surface area contributed by atoms with Gasteiger partial charge in [0.15, 0.2) is 0 Å². The lowest BCUT2D eigenvalue weighted by atomic mass is 9.90. The van der Waals surface area contributed by atoms with Crippen molar-refractivity contribution in [1.82, 2.24) is 0 Å². The van der Waals surface area contributed by atoms with Crippen molar-refractivity contribution < 1.29 is 44.3 Å². The van der Waals surface area contributed by atoms with Crippen molar-refractivity contribution >= 4 is 11.9 Å². The molecule has 1 heterocycles. The molecule has 9 heteroatoms. The summed E-state index contributed by atoms with van der Waals surface area (Å²) >= 11 is 0. The first-order valence-corrected chi connectivity index (χ1v) is 5.93. The Balaban J connectivity index is 3.14. The van der Waals surface area contributed by atoms with Crippen LogP contribution in [-0.2, 0) is 14.3 Å². The number of hydrogen-bond acceptors (Lipinski definition) is 7. The average Bonchev–Trinajstić information content (AvgIpc) is 2.26. The van der Waals surface area contributed by atoms with Gasteiger partial charge in [0.05, 0.1) is 27.1 Å². The number of ether oxygens (including phenoxy) is 1. The molecule has 1 saturated heterocycles. The van der Waals surface area contributed by atoms with Gasteiger partial charge < -0.3 is 39.5 Å². The van der Waals surface area contributed by atoms with Crippen LogP contribution in [0.15, 0.2) is 0 Å². The molecule has 0 aliphatic carbocycles. The van der Waals surface area contributed by atoms with Crippen LogP contribution in [0.25, 0.3) is 0 Å². The Morgan fingerprint density at radius 1 is 1.10 bits per heavy atom. The van der Waals surface area contributed by atoms with Crippen LogP contribution < -0.4 is 5.11 Å². The first-order valence-electron chi connectivity index (χ1n) is 5.93. The zero-order valence-corrected chi connectivity index (χ0v) is 11.3. The number of aliphatic hydroxyl groups excluding tert-OH is 3. The molecule has 1 unspecified atom stereocenters. The van der Waals surface area contributed by atoms with E-state index in [0.717, 1.165) is 0 Å². The Labute approximate surface area is 115 Å². The maximum atomic E-state index is 11.3. The van der Waals surface area contributed by atoms with E-state index in [0.29, 0.717) is 0 Å². The number of carbonyl (C=O) groups is 2. The maximum absolute atomic E-state index is 11.3. The van der Waals surface area contributed by atoms with E-state index in [4.69, 9.17) is 4.74 Å². The van der Waals surface area contributed by atoms with Gasteiger partial charge in [-0.2, -0.15) is 0 Å². The van der Waals surface area contributed by atoms with Gasteiger partial charge in [-0.1, -0.05) is 0 Å². The van der Waals surface area contributed by atoms with Crippen molar-refractivity contribution in [1.29, 1.82) is 0 Å². The second-order valence-corrected chi connectivity index (χ2v) is 5.71. The summed E-state index contributed by atoms with van der Waals surface area (Å²) in [5.41, 5.74) is 0. The number of hydrogen-bond donors (Lipinski definition) is 4. The van der Waals surface area contributed by atoms with Gasteiger partial charge in [0.25, 0.3) is 0 Å². The Bertz CT molecular complexity index is 392. The number of aliphatic hydroxyl groups is 3. The van der Waals surface area contributed by atoms with Crippen molar-refractivity contribution in [2.45, 2.75) is 36.6 Å². The summed E-state index contributed by atoms with van der Waals surface area (Å²) in [4.78, 5) is 22.2. The summed E-state index contributed by atoms with van der Waals surface area (Å²) < 4.78 is 4.79. The maximum Gasteiger partial charge on any atom is 0.365 e. The molecule has 20 heavy (non-hydrogen) atoms. The monoisotopic (exact) mass is 293 g/mol. The molecule has 0 aromatic carbocycles. The van der Waals surface area contributed by atoms with Crippen LogP contribution in [0.5, 0.6) is 0 Å². The molecule has 0 saturated carbocycles. The first kappa shape index (κ1) is 16.8. The van der Waals surface area contributed by atoms with E-state index in [-0.39, 0.29) is 4.48 Å². The lowest BCUT2D eigenvalue weighted by Crippen LogP contribution is -2.69. The molecule has 0 aromatic heterocycles. The molecule has 6 atom stereocenters. The van der Waals surface area contributed by atoms with Crippen LogP contribution in [0.4, 0.5) is 0 Å². The van der Waals surface area contributed by atoms with E-state index in [2.05, 4.69) is 0 Å². The molecule has 0 amide bonds. The van der Waals surface area contributed by atoms with Gasteiger partial charge in [0, 0.05) is 0 Å². The second kappa shape index (κ2) is 5.62. The minimum Gasteiger partial charge on any atom is -0.547 e. The summed E-state index contributed by atoms with van der Waals surface area (Å²) in [5.74, 6) is -3.12. The van der Waals surface area contributed by atoms with Crippen LogP contribution in [0.3, 0.4) is 0 Å². The zero-order valence-electron chi connectivity index (χ0n) is 11.3. The minimum atomic E-state index is -1.91. The molecular weight excluding hydrogens is 274 g/mol. The summed E-state index contributed by atoms with van der Waals surface area (Å²) in [7, 11) is 4.54. The molecule has 1 aliphatic heterocycles. The molecule has 1 rings (SSSR count). The van der Waals surface area contributed by atoms with Crippen LogP contribution >= 0.6 is 0 Å². The van der Waals surface area contributed by atoms with Crippen LogP contribution in [0.1, 0.15) is 0 Å². The fourth-order valence-electron chi connectivity index (χ4n) is 2.27. The van der Waals surface area contributed by atoms with E-state index < -0.39 is 48.5 Å². The molecule has 9 nitrogen and oxygen atoms in total. The highest BCUT2D eigenvalue weighted by Gasteiger charge is 2.53. The number of nitrogens with zero attached hydrogens (tertiary/aromatic N) is 1. The fraction of sp³-hybridized carbons (Fsp3) is 0.818. The van der Waals surface area contributed by atoms with Crippen molar-refractivity contribution in [3.63, 3.8) is 0 Å². The van der Waals surface area contributed by atoms with E-state index in [1.165, 1.54) is 21.1 Å². The third kappa shape index (κ3) is 3.07. The largest absolute Gasteiger partial charge is 0.547 e. The van der Waals surface area contributed by atoms with Gasteiger partial charge in [0.1, 0.15) is 30.5 Å². The molecule has 0 aromatic rings. The SMILES string of the molecule is C[N+](C)(C)C(C(=O)O)[C@@H]1O[C@H](C(=O)[O-])[C@@H](O)[C@H](O)[C@H]1O.